The van der Waals surface area contributed by atoms with Crippen LogP contribution in [0.15, 0.2) is 18.2 Å². The predicted molar refractivity (Wildman–Crippen MR) is 76.4 cm³/mol. The first kappa shape index (κ1) is 13.1. The fourth-order valence-electron chi connectivity index (χ4n) is 3.53. The zero-order valence-corrected chi connectivity index (χ0v) is 12.4. The summed E-state index contributed by atoms with van der Waals surface area (Å²) in [6.07, 6.45) is 0.300. The van der Waals surface area contributed by atoms with Crippen molar-refractivity contribution >= 4 is 0 Å². The standard InChI is InChI=1S/C17H24O2/c1-11(2)13-5-6-14-8-18-9-17(15(14)7-13)10-19-16(17)12(3)4/h5-7,11-12,16H,8-10H2,1-4H3. The van der Waals surface area contributed by atoms with Gasteiger partial charge in [-0.15, -0.1) is 0 Å². The molecule has 2 aliphatic heterocycles. The summed E-state index contributed by atoms with van der Waals surface area (Å²) in [7, 11) is 0. The van der Waals surface area contributed by atoms with Gasteiger partial charge in [-0.3, -0.25) is 0 Å². The van der Waals surface area contributed by atoms with Crippen LogP contribution < -0.4 is 0 Å². The van der Waals surface area contributed by atoms with Crippen LogP contribution in [0.3, 0.4) is 0 Å². The molecule has 1 spiro atoms. The smallest absolute Gasteiger partial charge is 0.0739 e. The monoisotopic (exact) mass is 260 g/mol. The van der Waals surface area contributed by atoms with Gasteiger partial charge in [-0.2, -0.15) is 0 Å². The maximum Gasteiger partial charge on any atom is 0.0739 e. The lowest BCUT2D eigenvalue weighted by atomic mass is 9.66. The Morgan fingerprint density at radius 3 is 2.53 bits per heavy atom. The zero-order chi connectivity index (χ0) is 13.6. The summed E-state index contributed by atoms with van der Waals surface area (Å²) in [6.45, 7) is 11.4. The Kier molecular flexibility index (Phi) is 3.18. The molecule has 0 saturated carbocycles. The number of hydrogen-bond donors (Lipinski definition) is 0. The first-order chi connectivity index (χ1) is 9.04. The Morgan fingerprint density at radius 1 is 1.16 bits per heavy atom. The van der Waals surface area contributed by atoms with Crippen LogP contribution in [-0.4, -0.2) is 19.3 Å². The van der Waals surface area contributed by atoms with Gasteiger partial charge in [0.2, 0.25) is 0 Å². The van der Waals surface area contributed by atoms with Crippen LogP contribution in [0, 0.1) is 5.92 Å². The number of fused-ring (bicyclic) bond motifs is 2. The third-order valence-electron chi connectivity index (χ3n) is 4.62. The van der Waals surface area contributed by atoms with Crippen molar-refractivity contribution < 1.29 is 9.47 Å². The van der Waals surface area contributed by atoms with E-state index in [9.17, 15) is 0 Å². The Hall–Kier alpha value is -0.860. The van der Waals surface area contributed by atoms with E-state index in [4.69, 9.17) is 9.47 Å². The molecule has 0 radical (unpaired) electrons. The Labute approximate surface area is 116 Å². The van der Waals surface area contributed by atoms with E-state index in [1.165, 1.54) is 16.7 Å². The second-order valence-corrected chi connectivity index (χ2v) is 6.70. The van der Waals surface area contributed by atoms with Gasteiger partial charge >= 0.3 is 0 Å². The molecule has 2 atom stereocenters. The van der Waals surface area contributed by atoms with Gasteiger partial charge < -0.3 is 9.47 Å². The van der Waals surface area contributed by atoms with Crippen molar-refractivity contribution in [3.05, 3.63) is 34.9 Å². The van der Waals surface area contributed by atoms with E-state index in [1.807, 2.05) is 0 Å². The molecule has 2 aliphatic rings. The van der Waals surface area contributed by atoms with Crippen molar-refractivity contribution in [2.75, 3.05) is 13.2 Å². The lowest BCUT2D eigenvalue weighted by molar-refractivity contribution is -0.191. The molecule has 2 nitrogen and oxygen atoms in total. The summed E-state index contributed by atoms with van der Waals surface area (Å²) in [5, 5.41) is 0. The van der Waals surface area contributed by atoms with E-state index in [0.717, 1.165) is 19.8 Å². The van der Waals surface area contributed by atoms with Gasteiger partial charge in [0.05, 0.1) is 31.3 Å². The minimum Gasteiger partial charge on any atom is -0.376 e. The maximum absolute atomic E-state index is 5.86. The maximum atomic E-state index is 5.86. The highest BCUT2D eigenvalue weighted by Crippen LogP contribution is 2.46. The fourth-order valence-corrected chi connectivity index (χ4v) is 3.53. The van der Waals surface area contributed by atoms with E-state index >= 15 is 0 Å². The average Bonchev–Trinajstić information content (AvgIpc) is 2.35. The van der Waals surface area contributed by atoms with Crippen molar-refractivity contribution in [2.24, 2.45) is 5.92 Å². The molecular formula is C17H24O2. The Balaban J connectivity index is 2.06. The Morgan fingerprint density at radius 2 is 1.95 bits per heavy atom. The number of rotatable bonds is 2. The summed E-state index contributed by atoms with van der Waals surface area (Å²) >= 11 is 0. The summed E-state index contributed by atoms with van der Waals surface area (Å²) in [4.78, 5) is 0. The quantitative estimate of drug-likeness (QED) is 0.808. The first-order valence-electron chi connectivity index (χ1n) is 7.37. The van der Waals surface area contributed by atoms with Crippen molar-refractivity contribution in [3.63, 3.8) is 0 Å². The molecular weight excluding hydrogens is 236 g/mol. The second kappa shape index (κ2) is 4.60. The molecule has 0 N–H and O–H groups in total. The van der Waals surface area contributed by atoms with E-state index in [-0.39, 0.29) is 5.41 Å². The van der Waals surface area contributed by atoms with E-state index in [1.54, 1.807) is 0 Å². The summed E-state index contributed by atoms with van der Waals surface area (Å²) in [5.74, 6) is 1.11. The van der Waals surface area contributed by atoms with Crippen LogP contribution in [0.25, 0.3) is 0 Å². The first-order valence-corrected chi connectivity index (χ1v) is 7.37. The van der Waals surface area contributed by atoms with Crippen molar-refractivity contribution in [1.29, 1.82) is 0 Å². The summed E-state index contributed by atoms with van der Waals surface area (Å²) in [5.41, 5.74) is 4.36. The van der Waals surface area contributed by atoms with Crippen LogP contribution in [-0.2, 0) is 21.5 Å². The molecule has 2 heteroatoms. The third kappa shape index (κ3) is 1.93. The van der Waals surface area contributed by atoms with E-state index < -0.39 is 0 Å². The molecule has 19 heavy (non-hydrogen) atoms. The van der Waals surface area contributed by atoms with Gasteiger partial charge in [-0.1, -0.05) is 45.9 Å². The minimum absolute atomic E-state index is 0.104. The molecule has 1 fully saturated rings. The highest BCUT2D eigenvalue weighted by molar-refractivity contribution is 5.43. The van der Waals surface area contributed by atoms with Gasteiger partial charge in [-0.25, -0.2) is 0 Å². The molecule has 1 saturated heterocycles. The van der Waals surface area contributed by atoms with Gasteiger partial charge in [0.15, 0.2) is 0 Å². The lowest BCUT2D eigenvalue weighted by Crippen LogP contribution is -2.62. The van der Waals surface area contributed by atoms with Gasteiger partial charge in [0.25, 0.3) is 0 Å². The summed E-state index contributed by atoms with van der Waals surface area (Å²) in [6, 6.07) is 6.90. The second-order valence-electron chi connectivity index (χ2n) is 6.70. The van der Waals surface area contributed by atoms with Crippen LogP contribution in [0.4, 0.5) is 0 Å². The largest absolute Gasteiger partial charge is 0.376 e. The van der Waals surface area contributed by atoms with Crippen molar-refractivity contribution in [1.82, 2.24) is 0 Å². The summed E-state index contributed by atoms with van der Waals surface area (Å²) < 4.78 is 11.7. The molecule has 2 heterocycles. The van der Waals surface area contributed by atoms with Crippen LogP contribution >= 0.6 is 0 Å². The molecule has 1 aromatic rings. The van der Waals surface area contributed by atoms with Crippen LogP contribution in [0.1, 0.15) is 50.3 Å². The molecule has 2 unspecified atom stereocenters. The fraction of sp³-hybridized carbons (Fsp3) is 0.647. The molecule has 104 valence electrons. The normalized spacial score (nSPS) is 29.7. The molecule has 0 aliphatic carbocycles. The topological polar surface area (TPSA) is 18.5 Å². The van der Waals surface area contributed by atoms with Crippen molar-refractivity contribution in [3.8, 4) is 0 Å². The lowest BCUT2D eigenvalue weighted by Gasteiger charge is -2.53. The molecule has 1 aromatic carbocycles. The van der Waals surface area contributed by atoms with E-state index in [0.29, 0.717) is 17.9 Å². The SMILES string of the molecule is CC(C)c1ccc2c(c1)C1(COC2)COC1C(C)C. The van der Waals surface area contributed by atoms with Crippen LogP contribution in [0.5, 0.6) is 0 Å². The average molecular weight is 260 g/mol. The predicted octanol–water partition coefficient (Wildman–Crippen LogP) is 3.63. The molecule has 0 amide bonds. The molecule has 3 rings (SSSR count). The van der Waals surface area contributed by atoms with Gasteiger partial charge in [0.1, 0.15) is 0 Å². The van der Waals surface area contributed by atoms with Crippen molar-refractivity contribution in [2.45, 2.75) is 51.7 Å². The number of benzene rings is 1. The van der Waals surface area contributed by atoms with Crippen LogP contribution in [0.2, 0.25) is 0 Å². The number of hydrogen-bond acceptors (Lipinski definition) is 2. The number of ether oxygens (including phenoxy) is 2. The highest BCUT2D eigenvalue weighted by Gasteiger charge is 2.53. The molecule has 0 bridgehead atoms. The van der Waals surface area contributed by atoms with Gasteiger partial charge in [0, 0.05) is 0 Å². The highest BCUT2D eigenvalue weighted by atomic mass is 16.5. The zero-order valence-electron chi connectivity index (χ0n) is 12.4. The van der Waals surface area contributed by atoms with Gasteiger partial charge in [-0.05, 0) is 28.5 Å². The minimum atomic E-state index is 0.104. The third-order valence-corrected chi connectivity index (χ3v) is 4.62. The molecule has 0 aromatic heterocycles. The Bertz CT molecular complexity index is 478. The van der Waals surface area contributed by atoms with E-state index in [2.05, 4.69) is 45.9 Å².